The van der Waals surface area contributed by atoms with E-state index in [0.29, 0.717) is 35.2 Å². The van der Waals surface area contributed by atoms with Gasteiger partial charge in [-0.15, -0.1) is 0 Å². The van der Waals surface area contributed by atoms with Crippen molar-refractivity contribution in [2.75, 3.05) is 0 Å². The van der Waals surface area contributed by atoms with Crippen molar-refractivity contribution in [1.29, 1.82) is 5.26 Å². The van der Waals surface area contributed by atoms with Crippen LogP contribution in [0.2, 0.25) is 0 Å². The zero-order chi connectivity index (χ0) is 12.4. The molecule has 0 saturated heterocycles. The third-order valence-corrected chi connectivity index (χ3v) is 3.11. The summed E-state index contributed by atoms with van der Waals surface area (Å²) in [4.78, 5) is 14.5. The molecule has 0 unspecified atom stereocenters. The van der Waals surface area contributed by atoms with Crippen molar-refractivity contribution >= 4 is 23.7 Å². The first-order chi connectivity index (χ1) is 8.11. The minimum Gasteiger partial charge on any atom is -0.398 e. The molecule has 86 valence electrons. The van der Waals surface area contributed by atoms with Crippen molar-refractivity contribution in [1.82, 2.24) is 4.98 Å². The lowest BCUT2D eigenvalue weighted by molar-refractivity contribution is -0.118. The molecule has 3 N–H and O–H groups in total. The van der Waals surface area contributed by atoms with Crippen LogP contribution in [0.25, 0.3) is 5.70 Å². The van der Waals surface area contributed by atoms with Crippen molar-refractivity contribution < 1.29 is 4.79 Å². The number of H-pyrrole nitrogens is 1. The van der Waals surface area contributed by atoms with Crippen LogP contribution in [0.3, 0.4) is 0 Å². The van der Waals surface area contributed by atoms with Crippen LogP contribution in [0.1, 0.15) is 23.2 Å². The third kappa shape index (κ3) is 2.27. The number of aromatic nitrogens is 1. The summed E-state index contributed by atoms with van der Waals surface area (Å²) in [6, 6.07) is 3.68. The molecule has 17 heavy (non-hydrogen) atoms. The van der Waals surface area contributed by atoms with Gasteiger partial charge in [0.1, 0.15) is 10.4 Å². The second-order valence-electron chi connectivity index (χ2n) is 3.96. The van der Waals surface area contributed by atoms with Gasteiger partial charge in [0, 0.05) is 30.2 Å². The summed E-state index contributed by atoms with van der Waals surface area (Å²) in [5, 5.41) is 8.56. The van der Waals surface area contributed by atoms with Gasteiger partial charge < -0.3 is 10.7 Å². The number of pyridine rings is 1. The second kappa shape index (κ2) is 4.52. The monoisotopic (exact) mass is 245 g/mol. The van der Waals surface area contributed by atoms with Crippen LogP contribution in [0.5, 0.6) is 0 Å². The average Bonchev–Trinajstić information content (AvgIpc) is 2.29. The largest absolute Gasteiger partial charge is 0.398 e. The molecule has 5 heteroatoms. The van der Waals surface area contributed by atoms with Crippen LogP contribution in [0, 0.1) is 16.0 Å². The number of Topliss-reactive ketones (excluding diaryl/α,β-unsaturated/α-hetero) is 1. The molecule has 0 fully saturated rings. The molecule has 1 aromatic rings. The molecule has 0 spiro atoms. The van der Waals surface area contributed by atoms with Crippen molar-refractivity contribution in [3.05, 3.63) is 33.6 Å². The molecule has 1 aliphatic carbocycles. The van der Waals surface area contributed by atoms with Crippen LogP contribution < -0.4 is 5.73 Å². The van der Waals surface area contributed by atoms with Crippen molar-refractivity contribution in [2.24, 2.45) is 5.73 Å². The fourth-order valence-electron chi connectivity index (χ4n) is 1.92. The molecule has 0 amide bonds. The number of hydrogen-bond donors (Lipinski definition) is 2. The highest BCUT2D eigenvalue weighted by atomic mass is 32.1. The van der Waals surface area contributed by atoms with E-state index in [9.17, 15) is 4.79 Å². The predicted octanol–water partition coefficient (Wildman–Crippen LogP) is 1.63. The number of hydrogen-bond acceptors (Lipinski definition) is 4. The molecule has 0 bridgehead atoms. The topological polar surface area (TPSA) is 82.7 Å². The highest BCUT2D eigenvalue weighted by Crippen LogP contribution is 2.21. The van der Waals surface area contributed by atoms with E-state index in [-0.39, 0.29) is 5.78 Å². The highest BCUT2D eigenvalue weighted by molar-refractivity contribution is 7.71. The Morgan fingerprint density at radius 1 is 1.59 bits per heavy atom. The Balaban J connectivity index is 2.54. The third-order valence-electron chi connectivity index (χ3n) is 2.79. The van der Waals surface area contributed by atoms with E-state index >= 15 is 0 Å². The van der Waals surface area contributed by atoms with Gasteiger partial charge in [0.25, 0.3) is 0 Å². The average molecular weight is 245 g/mol. The molecule has 2 rings (SSSR count). The quantitative estimate of drug-likeness (QED) is 0.582. The van der Waals surface area contributed by atoms with E-state index in [1.165, 1.54) is 6.08 Å². The predicted molar refractivity (Wildman–Crippen MR) is 66.4 cm³/mol. The Hall–Kier alpha value is -1.93. The van der Waals surface area contributed by atoms with Gasteiger partial charge in [0.2, 0.25) is 0 Å². The molecule has 1 heterocycles. The summed E-state index contributed by atoms with van der Waals surface area (Å²) in [5.41, 5.74) is 8.62. The zero-order valence-corrected chi connectivity index (χ0v) is 9.93. The van der Waals surface area contributed by atoms with Gasteiger partial charge in [-0.1, -0.05) is 12.2 Å². The number of aryl methyl sites for hydroxylation is 1. The number of fused-ring (bicyclic) bond motifs is 1. The number of ketones is 1. The van der Waals surface area contributed by atoms with Gasteiger partial charge in [-0.25, -0.2) is 0 Å². The maximum atomic E-state index is 11.4. The fourth-order valence-corrected chi connectivity index (χ4v) is 2.22. The maximum Gasteiger partial charge on any atom is 0.137 e. The number of rotatable bonds is 1. The summed E-state index contributed by atoms with van der Waals surface area (Å²) in [6.45, 7) is 0. The van der Waals surface area contributed by atoms with Crippen LogP contribution in [0.4, 0.5) is 0 Å². The minimum absolute atomic E-state index is 0.219. The van der Waals surface area contributed by atoms with Crippen molar-refractivity contribution in [2.45, 2.75) is 19.3 Å². The van der Waals surface area contributed by atoms with Gasteiger partial charge in [-0.2, -0.15) is 5.26 Å². The van der Waals surface area contributed by atoms with Crippen LogP contribution in [-0.4, -0.2) is 10.8 Å². The Kier molecular flexibility index (Phi) is 3.07. The molecule has 0 aromatic carbocycles. The summed E-state index contributed by atoms with van der Waals surface area (Å²) >= 11 is 5.19. The van der Waals surface area contributed by atoms with E-state index in [2.05, 4.69) is 4.98 Å². The van der Waals surface area contributed by atoms with E-state index in [0.717, 1.165) is 11.3 Å². The molecular weight excluding hydrogens is 234 g/mol. The normalized spacial score (nSPS) is 15.2. The zero-order valence-electron chi connectivity index (χ0n) is 9.12. The number of allylic oxidation sites excluding steroid dienone is 1. The standard InChI is InChI=1S/C12H11N3OS/c13-4-3-10(14)9-6-7-5-8(16)1-2-11(7)15-12(9)17/h3,6H,1-2,5,14H2,(H,15,17)/b10-3-. The van der Waals surface area contributed by atoms with Gasteiger partial charge in [-0.3, -0.25) is 4.79 Å². The number of nitrogens with zero attached hydrogens (tertiary/aromatic N) is 1. The van der Waals surface area contributed by atoms with E-state index in [4.69, 9.17) is 23.2 Å². The van der Waals surface area contributed by atoms with E-state index in [1.54, 1.807) is 0 Å². The lowest BCUT2D eigenvalue weighted by Gasteiger charge is -2.16. The van der Waals surface area contributed by atoms with Crippen LogP contribution in [0.15, 0.2) is 12.1 Å². The molecule has 0 radical (unpaired) electrons. The van der Waals surface area contributed by atoms with Gasteiger partial charge >= 0.3 is 0 Å². The number of carbonyl (C=O) groups is 1. The van der Waals surface area contributed by atoms with Crippen molar-refractivity contribution in [3.63, 3.8) is 0 Å². The van der Waals surface area contributed by atoms with Gasteiger partial charge in [0.05, 0.1) is 11.8 Å². The van der Waals surface area contributed by atoms with Gasteiger partial charge in [0.15, 0.2) is 0 Å². The second-order valence-corrected chi connectivity index (χ2v) is 4.37. The number of carbonyl (C=O) groups excluding carboxylic acids is 1. The number of nitrogens with two attached hydrogens (primary N) is 1. The first kappa shape index (κ1) is 11.6. The molecule has 0 aliphatic heterocycles. The number of aromatic amines is 1. The SMILES string of the molecule is N#C/C=C(\N)c1cc2c([nH]c1=S)CCC(=O)C2. The Morgan fingerprint density at radius 2 is 2.35 bits per heavy atom. The lowest BCUT2D eigenvalue weighted by Crippen LogP contribution is -2.16. The maximum absolute atomic E-state index is 11.4. The Bertz CT molecular complexity index is 607. The molecule has 4 nitrogen and oxygen atoms in total. The number of nitrogens with one attached hydrogen (secondary N) is 1. The minimum atomic E-state index is 0.219. The Labute approximate surface area is 104 Å². The van der Waals surface area contributed by atoms with Gasteiger partial charge in [-0.05, 0) is 18.1 Å². The smallest absolute Gasteiger partial charge is 0.137 e. The van der Waals surface area contributed by atoms with Crippen LogP contribution >= 0.6 is 12.2 Å². The summed E-state index contributed by atoms with van der Waals surface area (Å²) in [6.07, 6.45) is 2.91. The Morgan fingerprint density at radius 3 is 3.06 bits per heavy atom. The number of nitriles is 1. The highest BCUT2D eigenvalue weighted by Gasteiger charge is 2.17. The van der Waals surface area contributed by atoms with Crippen LogP contribution in [-0.2, 0) is 17.6 Å². The molecule has 0 saturated carbocycles. The molecule has 1 aliphatic rings. The summed E-state index contributed by atoms with van der Waals surface area (Å²) < 4.78 is 0.516. The molecule has 0 atom stereocenters. The van der Waals surface area contributed by atoms with E-state index in [1.807, 2.05) is 12.1 Å². The van der Waals surface area contributed by atoms with Crippen molar-refractivity contribution in [3.8, 4) is 6.07 Å². The lowest BCUT2D eigenvalue weighted by atomic mass is 9.93. The molecular formula is C12H11N3OS. The summed E-state index contributed by atoms with van der Waals surface area (Å²) in [5.74, 6) is 0.219. The first-order valence-electron chi connectivity index (χ1n) is 5.24. The van der Waals surface area contributed by atoms with E-state index < -0.39 is 0 Å². The summed E-state index contributed by atoms with van der Waals surface area (Å²) in [7, 11) is 0. The first-order valence-corrected chi connectivity index (χ1v) is 5.65. The molecule has 1 aromatic heterocycles. The fraction of sp³-hybridized carbons (Fsp3) is 0.250.